The number of methoxy groups -OCH3 is 1. The number of aliphatic carboxylic acids is 1. The van der Waals surface area contributed by atoms with Gasteiger partial charge in [-0.25, -0.2) is 0 Å². The van der Waals surface area contributed by atoms with Crippen molar-refractivity contribution in [3.8, 4) is 0 Å². The van der Waals surface area contributed by atoms with E-state index in [2.05, 4.69) is 0 Å². The van der Waals surface area contributed by atoms with Crippen LogP contribution in [-0.4, -0.2) is 54.4 Å². The van der Waals surface area contributed by atoms with Gasteiger partial charge in [0.15, 0.2) is 0 Å². The zero-order valence-corrected chi connectivity index (χ0v) is 14.5. The van der Waals surface area contributed by atoms with Crippen LogP contribution in [0.5, 0.6) is 0 Å². The Morgan fingerprint density at radius 1 is 1.39 bits per heavy atom. The fraction of sp³-hybridized carbons (Fsp3) is 0.500. The number of nitrogens with zero attached hydrogens (tertiary/aromatic N) is 1. The third kappa shape index (κ3) is 4.62. The van der Waals surface area contributed by atoms with Crippen molar-refractivity contribution in [3.05, 3.63) is 29.3 Å². The maximum Gasteiger partial charge on any atom is 0.313 e. The van der Waals surface area contributed by atoms with E-state index in [9.17, 15) is 14.7 Å². The van der Waals surface area contributed by atoms with E-state index in [-0.39, 0.29) is 19.1 Å². The van der Waals surface area contributed by atoms with E-state index >= 15 is 0 Å². The van der Waals surface area contributed by atoms with Gasteiger partial charge in [-0.3, -0.25) is 9.59 Å². The summed E-state index contributed by atoms with van der Waals surface area (Å²) in [4.78, 5) is 26.4. The number of carbonyl (C=O) groups excluding carboxylic acids is 1. The van der Waals surface area contributed by atoms with Gasteiger partial charge in [-0.15, -0.1) is 11.8 Å². The van der Waals surface area contributed by atoms with Crippen molar-refractivity contribution >= 4 is 35.2 Å². The van der Waals surface area contributed by atoms with Gasteiger partial charge in [-0.05, 0) is 30.7 Å². The van der Waals surface area contributed by atoms with Crippen molar-refractivity contribution < 1.29 is 19.4 Å². The third-order valence-corrected chi connectivity index (χ3v) is 5.24. The van der Waals surface area contributed by atoms with E-state index in [4.69, 9.17) is 16.3 Å². The van der Waals surface area contributed by atoms with Crippen LogP contribution < -0.4 is 0 Å². The van der Waals surface area contributed by atoms with E-state index in [0.29, 0.717) is 30.2 Å². The summed E-state index contributed by atoms with van der Waals surface area (Å²) in [5.74, 6) is -0.253. The molecule has 1 aromatic carbocycles. The zero-order valence-electron chi connectivity index (χ0n) is 13.0. The molecule has 126 valence electrons. The number of ether oxygens (including phenoxy) is 1. The molecule has 23 heavy (non-hydrogen) atoms. The van der Waals surface area contributed by atoms with Gasteiger partial charge < -0.3 is 14.7 Å². The van der Waals surface area contributed by atoms with E-state index < -0.39 is 11.4 Å². The average Bonchev–Trinajstić information content (AvgIpc) is 2.95. The molecule has 1 aromatic rings. The summed E-state index contributed by atoms with van der Waals surface area (Å²) in [6.45, 7) is 0.826. The van der Waals surface area contributed by atoms with Crippen LogP contribution in [0, 0.1) is 5.41 Å². The van der Waals surface area contributed by atoms with E-state index in [0.717, 1.165) is 4.90 Å². The SMILES string of the molecule is COCC1(C(=O)O)CCN(C(=O)CCSc2ccc(Cl)cc2)C1. The second kappa shape index (κ2) is 8.04. The molecule has 1 atom stereocenters. The van der Waals surface area contributed by atoms with Crippen LogP contribution in [0.2, 0.25) is 5.02 Å². The van der Waals surface area contributed by atoms with Crippen LogP contribution in [0.3, 0.4) is 0 Å². The molecule has 1 saturated heterocycles. The van der Waals surface area contributed by atoms with Gasteiger partial charge in [-0.1, -0.05) is 11.6 Å². The Balaban J connectivity index is 1.82. The van der Waals surface area contributed by atoms with E-state index in [1.165, 1.54) is 7.11 Å². The first-order chi connectivity index (χ1) is 11.0. The highest BCUT2D eigenvalue weighted by molar-refractivity contribution is 7.99. The van der Waals surface area contributed by atoms with Gasteiger partial charge in [-0.2, -0.15) is 0 Å². The predicted molar refractivity (Wildman–Crippen MR) is 89.9 cm³/mol. The van der Waals surface area contributed by atoms with Gasteiger partial charge >= 0.3 is 5.97 Å². The first-order valence-corrected chi connectivity index (χ1v) is 8.72. The highest BCUT2D eigenvalue weighted by Crippen LogP contribution is 2.32. The van der Waals surface area contributed by atoms with Crippen LogP contribution in [0.4, 0.5) is 0 Å². The lowest BCUT2D eigenvalue weighted by Gasteiger charge is -2.23. The van der Waals surface area contributed by atoms with Crippen molar-refractivity contribution in [2.24, 2.45) is 5.41 Å². The van der Waals surface area contributed by atoms with Gasteiger partial charge in [0.1, 0.15) is 5.41 Å². The highest BCUT2D eigenvalue weighted by atomic mass is 35.5. The number of carbonyl (C=O) groups is 2. The van der Waals surface area contributed by atoms with Crippen LogP contribution in [0.15, 0.2) is 29.2 Å². The van der Waals surface area contributed by atoms with Gasteiger partial charge in [0.05, 0.1) is 6.61 Å². The smallest absolute Gasteiger partial charge is 0.313 e. The molecule has 1 aliphatic heterocycles. The molecule has 1 N–H and O–H groups in total. The van der Waals surface area contributed by atoms with Crippen LogP contribution >= 0.6 is 23.4 Å². The Kier molecular flexibility index (Phi) is 6.33. The summed E-state index contributed by atoms with van der Waals surface area (Å²) in [6, 6.07) is 7.47. The maximum absolute atomic E-state index is 12.3. The molecule has 0 saturated carbocycles. The monoisotopic (exact) mass is 357 g/mol. The van der Waals surface area contributed by atoms with Crippen molar-refractivity contribution in [2.45, 2.75) is 17.7 Å². The summed E-state index contributed by atoms with van der Waals surface area (Å²) in [6.07, 6.45) is 0.822. The minimum absolute atomic E-state index is 0.00862. The molecule has 0 radical (unpaired) electrons. The number of hydrogen-bond donors (Lipinski definition) is 1. The Morgan fingerprint density at radius 2 is 2.09 bits per heavy atom. The van der Waals surface area contributed by atoms with Gasteiger partial charge in [0.25, 0.3) is 0 Å². The second-order valence-electron chi connectivity index (χ2n) is 5.64. The second-order valence-corrected chi connectivity index (χ2v) is 7.24. The topological polar surface area (TPSA) is 66.8 Å². The lowest BCUT2D eigenvalue weighted by Crippen LogP contribution is -2.40. The lowest BCUT2D eigenvalue weighted by molar-refractivity contribution is -0.151. The number of hydrogen-bond acceptors (Lipinski definition) is 4. The number of carboxylic acid groups (broad SMARTS) is 1. The Hall–Kier alpha value is -1.24. The number of likely N-dealkylation sites (tertiary alicyclic amines) is 1. The molecule has 1 unspecified atom stereocenters. The van der Waals surface area contributed by atoms with Crippen LogP contribution in [0.1, 0.15) is 12.8 Å². The molecular weight excluding hydrogens is 338 g/mol. The standard InChI is InChI=1S/C16H20ClNO4S/c1-22-11-16(15(20)21)7-8-18(10-16)14(19)6-9-23-13-4-2-12(17)3-5-13/h2-5H,6-11H2,1H3,(H,20,21). The minimum Gasteiger partial charge on any atom is -0.481 e. The summed E-state index contributed by atoms with van der Waals surface area (Å²) >= 11 is 7.42. The quantitative estimate of drug-likeness (QED) is 0.760. The molecule has 2 rings (SSSR count). The lowest BCUT2D eigenvalue weighted by atomic mass is 9.88. The fourth-order valence-corrected chi connectivity index (χ4v) is 3.63. The first-order valence-electron chi connectivity index (χ1n) is 7.35. The third-order valence-electron chi connectivity index (χ3n) is 3.98. The number of rotatable bonds is 7. The van der Waals surface area contributed by atoms with Crippen molar-refractivity contribution in [1.82, 2.24) is 4.90 Å². The molecule has 1 aliphatic rings. The summed E-state index contributed by atoms with van der Waals surface area (Å²) in [5, 5.41) is 10.1. The molecule has 0 aromatic heterocycles. The van der Waals surface area contributed by atoms with Crippen molar-refractivity contribution in [1.29, 1.82) is 0 Å². The summed E-state index contributed by atoms with van der Waals surface area (Å²) in [5.41, 5.74) is -0.965. The zero-order chi connectivity index (χ0) is 16.9. The Morgan fingerprint density at radius 3 is 2.70 bits per heavy atom. The number of carboxylic acids is 1. The minimum atomic E-state index is -0.965. The Bertz CT molecular complexity index is 566. The van der Waals surface area contributed by atoms with E-state index in [1.807, 2.05) is 24.3 Å². The summed E-state index contributed by atoms with van der Waals surface area (Å²) in [7, 11) is 1.48. The van der Waals surface area contributed by atoms with Crippen LogP contribution in [-0.2, 0) is 14.3 Å². The molecule has 0 spiro atoms. The Labute approximate surface area is 144 Å². The molecule has 0 aliphatic carbocycles. The molecule has 1 heterocycles. The fourth-order valence-electron chi connectivity index (χ4n) is 2.66. The van der Waals surface area contributed by atoms with Crippen molar-refractivity contribution in [2.75, 3.05) is 32.6 Å². The van der Waals surface area contributed by atoms with Gasteiger partial charge in [0, 0.05) is 42.3 Å². The van der Waals surface area contributed by atoms with E-state index in [1.54, 1.807) is 16.7 Å². The molecule has 0 bridgehead atoms. The van der Waals surface area contributed by atoms with Crippen LogP contribution in [0.25, 0.3) is 0 Å². The summed E-state index contributed by atoms with van der Waals surface area (Å²) < 4.78 is 5.03. The molecule has 7 heteroatoms. The molecular formula is C16H20ClNO4S. The number of halogens is 1. The number of benzene rings is 1. The average molecular weight is 358 g/mol. The molecule has 1 amide bonds. The predicted octanol–water partition coefficient (Wildman–Crippen LogP) is 2.77. The largest absolute Gasteiger partial charge is 0.481 e. The molecule has 1 fully saturated rings. The number of amides is 1. The number of thioether (sulfide) groups is 1. The van der Waals surface area contributed by atoms with Gasteiger partial charge in [0.2, 0.25) is 5.91 Å². The van der Waals surface area contributed by atoms with Crippen molar-refractivity contribution in [3.63, 3.8) is 0 Å². The maximum atomic E-state index is 12.3. The molecule has 5 nitrogen and oxygen atoms in total. The highest BCUT2D eigenvalue weighted by Gasteiger charge is 2.46. The normalized spacial score (nSPS) is 20.7. The first kappa shape index (κ1) is 18.1.